The molecule has 66 heavy (non-hydrogen) atoms. The molecule has 0 spiro atoms. The van der Waals surface area contributed by atoms with Gasteiger partial charge < -0.3 is 9.47 Å². The second-order valence-corrected chi connectivity index (χ2v) is 21.5. The van der Waals surface area contributed by atoms with Crippen molar-refractivity contribution in [3.63, 3.8) is 0 Å². The van der Waals surface area contributed by atoms with E-state index in [-0.39, 0.29) is 16.2 Å². The van der Waals surface area contributed by atoms with Crippen LogP contribution >= 0.6 is 0 Å². The van der Waals surface area contributed by atoms with Crippen LogP contribution in [0.4, 0.5) is 17.1 Å². The maximum atomic E-state index is 2.52. The summed E-state index contributed by atoms with van der Waals surface area (Å²) in [6.07, 6.45) is 0. The van der Waals surface area contributed by atoms with E-state index in [9.17, 15) is 0 Å². The van der Waals surface area contributed by atoms with Crippen LogP contribution in [0.1, 0.15) is 79.0 Å². The van der Waals surface area contributed by atoms with Gasteiger partial charge in [-0.05, 0) is 114 Å². The highest BCUT2D eigenvalue weighted by Gasteiger charge is 2.26. The summed E-state index contributed by atoms with van der Waals surface area (Å²) in [5.41, 5.74) is 15.9. The zero-order valence-corrected chi connectivity index (χ0v) is 39.8. The van der Waals surface area contributed by atoms with Crippen molar-refractivity contribution in [2.45, 2.75) is 78.6 Å². The van der Waals surface area contributed by atoms with Gasteiger partial charge in [-0.25, -0.2) is 0 Å². The number of aromatic nitrogens is 1. The monoisotopic (exact) mass is 854 g/mol. The van der Waals surface area contributed by atoms with Gasteiger partial charge in [0.15, 0.2) is 0 Å². The van der Waals surface area contributed by atoms with Crippen LogP contribution in [0, 0.1) is 0 Å². The van der Waals surface area contributed by atoms with Crippen LogP contribution in [0.25, 0.3) is 82.1 Å². The molecule has 11 rings (SSSR count). The third kappa shape index (κ3) is 6.94. The van der Waals surface area contributed by atoms with E-state index in [1.165, 1.54) is 98.8 Å². The van der Waals surface area contributed by atoms with E-state index in [1.807, 2.05) is 0 Å². The second-order valence-electron chi connectivity index (χ2n) is 21.5. The fourth-order valence-corrected chi connectivity index (χ4v) is 10.3. The highest BCUT2D eigenvalue weighted by atomic mass is 15.1. The molecule has 0 radical (unpaired) electrons. The molecule has 1 aromatic heterocycles. The number of rotatable bonds is 6. The van der Waals surface area contributed by atoms with Crippen molar-refractivity contribution in [3.05, 3.63) is 205 Å². The summed E-state index contributed by atoms with van der Waals surface area (Å²) in [5.74, 6) is 0. The van der Waals surface area contributed by atoms with Crippen LogP contribution in [0.5, 0.6) is 0 Å². The molecule has 0 aliphatic heterocycles. The Kier molecular flexibility index (Phi) is 9.57. The van der Waals surface area contributed by atoms with Crippen molar-refractivity contribution in [2.24, 2.45) is 0 Å². The van der Waals surface area contributed by atoms with Crippen LogP contribution in [0.15, 0.2) is 188 Å². The lowest BCUT2D eigenvalue weighted by Crippen LogP contribution is -2.16. The first-order chi connectivity index (χ1) is 31.6. The number of hydrogen-bond acceptors (Lipinski definition) is 1. The van der Waals surface area contributed by atoms with Gasteiger partial charge >= 0.3 is 0 Å². The topological polar surface area (TPSA) is 8.17 Å². The van der Waals surface area contributed by atoms with E-state index in [4.69, 9.17) is 0 Å². The summed E-state index contributed by atoms with van der Waals surface area (Å²) in [7, 11) is 0. The number of hydrogen-bond donors (Lipinski definition) is 0. The van der Waals surface area contributed by atoms with Crippen molar-refractivity contribution in [1.29, 1.82) is 0 Å². The number of nitrogens with zero attached hydrogens (tertiary/aromatic N) is 2. The minimum atomic E-state index is -0.00716. The summed E-state index contributed by atoms with van der Waals surface area (Å²) >= 11 is 0. The molecule has 0 amide bonds. The lowest BCUT2D eigenvalue weighted by Gasteiger charge is -2.31. The van der Waals surface area contributed by atoms with Crippen molar-refractivity contribution >= 4 is 71.2 Å². The lowest BCUT2D eigenvalue weighted by molar-refractivity contribution is 0.569. The summed E-state index contributed by atoms with van der Waals surface area (Å²) < 4.78 is 2.47. The summed E-state index contributed by atoms with van der Waals surface area (Å²) in [5, 5.41) is 10.1. The number of fused-ring (bicyclic) bond motifs is 3. The predicted octanol–water partition coefficient (Wildman–Crippen LogP) is 18.4. The fraction of sp³-hybridized carbons (Fsp3) is 0.188. The van der Waals surface area contributed by atoms with Crippen LogP contribution < -0.4 is 4.90 Å². The van der Waals surface area contributed by atoms with E-state index < -0.39 is 0 Å². The average molecular weight is 855 g/mol. The first-order valence-electron chi connectivity index (χ1n) is 23.6. The Morgan fingerprint density at radius 1 is 0.348 bits per heavy atom. The van der Waals surface area contributed by atoms with Crippen molar-refractivity contribution in [2.75, 3.05) is 4.90 Å². The molecule has 0 aliphatic rings. The maximum Gasteiger partial charge on any atom is 0.0546 e. The molecule has 1 heterocycles. The van der Waals surface area contributed by atoms with Gasteiger partial charge in [-0.3, -0.25) is 0 Å². The van der Waals surface area contributed by atoms with Gasteiger partial charge in [0.1, 0.15) is 0 Å². The molecule has 0 fully saturated rings. The molecule has 0 bridgehead atoms. The quantitative estimate of drug-likeness (QED) is 0.151. The summed E-state index contributed by atoms with van der Waals surface area (Å²) in [4.78, 5) is 2.52. The molecule has 0 aliphatic carbocycles. The van der Waals surface area contributed by atoms with Crippen molar-refractivity contribution in [3.8, 4) is 27.9 Å². The molecule has 0 N–H and O–H groups in total. The lowest BCUT2D eigenvalue weighted by atomic mass is 9.79. The van der Waals surface area contributed by atoms with Gasteiger partial charge in [0.2, 0.25) is 0 Å². The Labute approximate surface area is 390 Å². The Balaban J connectivity index is 1.19. The SMILES string of the molecule is CC(C)(C)c1ccc(-c2ccc(-c3cc(C(C)(C)C)cc(C(C)(C)C)c3)cc2N(c2ccccc2)c2ccc3ccc4c(-n5c6ccccc6c6ccccc65)ccc5ccc2c3c54)cc1. The zero-order chi connectivity index (χ0) is 45.7. The Hall–Kier alpha value is -7.16. The van der Waals surface area contributed by atoms with E-state index in [1.54, 1.807) is 0 Å². The van der Waals surface area contributed by atoms with Crippen LogP contribution in [-0.4, -0.2) is 4.57 Å². The van der Waals surface area contributed by atoms with Crippen LogP contribution in [0.3, 0.4) is 0 Å². The molecule has 0 saturated carbocycles. The minimum Gasteiger partial charge on any atom is -0.309 e. The zero-order valence-electron chi connectivity index (χ0n) is 39.8. The van der Waals surface area contributed by atoms with Crippen molar-refractivity contribution < 1.29 is 0 Å². The Morgan fingerprint density at radius 3 is 1.47 bits per heavy atom. The molecule has 0 atom stereocenters. The van der Waals surface area contributed by atoms with E-state index in [0.717, 1.165) is 17.1 Å². The Morgan fingerprint density at radius 2 is 0.864 bits per heavy atom. The molecule has 324 valence electrons. The normalized spacial score (nSPS) is 12.6. The van der Waals surface area contributed by atoms with Gasteiger partial charge in [0, 0.05) is 32.8 Å². The van der Waals surface area contributed by atoms with E-state index in [2.05, 4.69) is 260 Å². The summed E-state index contributed by atoms with van der Waals surface area (Å²) in [6, 6.07) is 71.0. The van der Waals surface area contributed by atoms with Crippen molar-refractivity contribution in [1.82, 2.24) is 4.57 Å². The largest absolute Gasteiger partial charge is 0.309 e. The first kappa shape index (κ1) is 41.5. The molecule has 2 heteroatoms. The smallest absolute Gasteiger partial charge is 0.0546 e. The first-order valence-corrected chi connectivity index (χ1v) is 23.6. The number of anilines is 3. The fourth-order valence-electron chi connectivity index (χ4n) is 10.3. The highest BCUT2D eigenvalue weighted by Crippen LogP contribution is 2.49. The van der Waals surface area contributed by atoms with E-state index >= 15 is 0 Å². The standard InChI is InChI=1S/C64H58N2/c1-62(2,3)46-30-23-41(24-31-46)50-32-27-44(45-37-47(63(4,5)6)40-48(38-45)64(7,8)9)39-59(50)65(49-17-11-10-12-18-49)57-35-28-42-26-34-54-58(36-29-43-25-33-53(57)60(42)61(43)54)66-55-21-15-13-19-51(55)52-20-14-16-22-56(52)66/h10-40H,1-9H3. The third-order valence-corrected chi connectivity index (χ3v) is 14.0. The summed E-state index contributed by atoms with van der Waals surface area (Å²) in [6.45, 7) is 20.8. The highest BCUT2D eigenvalue weighted by molar-refractivity contribution is 6.27. The number of para-hydroxylation sites is 3. The minimum absolute atomic E-state index is 0.00716. The maximum absolute atomic E-state index is 2.52. The second kappa shape index (κ2) is 15.2. The predicted molar refractivity (Wildman–Crippen MR) is 286 cm³/mol. The molecule has 0 unspecified atom stereocenters. The van der Waals surface area contributed by atoms with Gasteiger partial charge in [0.05, 0.1) is 28.1 Å². The third-order valence-electron chi connectivity index (χ3n) is 14.0. The van der Waals surface area contributed by atoms with Gasteiger partial charge in [0.25, 0.3) is 0 Å². The van der Waals surface area contributed by atoms with E-state index in [0.29, 0.717) is 0 Å². The molecule has 2 nitrogen and oxygen atoms in total. The van der Waals surface area contributed by atoms with Gasteiger partial charge in [-0.15, -0.1) is 0 Å². The van der Waals surface area contributed by atoms with Crippen LogP contribution in [-0.2, 0) is 16.2 Å². The molecule has 11 aromatic rings. The Bertz CT molecular complexity index is 3540. The van der Waals surface area contributed by atoms with Gasteiger partial charge in [-0.1, -0.05) is 208 Å². The molecule has 0 saturated heterocycles. The number of benzene rings is 10. The molecular formula is C64H58N2. The molecule has 10 aromatic carbocycles. The average Bonchev–Trinajstić information content (AvgIpc) is 3.64. The van der Waals surface area contributed by atoms with Gasteiger partial charge in [-0.2, -0.15) is 0 Å². The molecular weight excluding hydrogens is 797 g/mol. The van der Waals surface area contributed by atoms with Crippen LogP contribution in [0.2, 0.25) is 0 Å².